The minimum Gasteiger partial charge on any atom is -0.481 e. The fourth-order valence-electron chi connectivity index (χ4n) is 3.37. The molecule has 1 saturated heterocycles. The van der Waals surface area contributed by atoms with Crippen molar-refractivity contribution in [3.05, 3.63) is 64.2 Å². The molecule has 0 spiro atoms. The highest BCUT2D eigenvalue weighted by Crippen LogP contribution is 2.33. The van der Waals surface area contributed by atoms with Crippen molar-refractivity contribution in [3.63, 3.8) is 0 Å². The number of ether oxygens (including phenoxy) is 1. The summed E-state index contributed by atoms with van der Waals surface area (Å²) in [7, 11) is 1.56. The Hall–Kier alpha value is -3.33. The molecule has 1 atom stereocenters. The van der Waals surface area contributed by atoms with Gasteiger partial charge in [-0.3, -0.25) is 15.0 Å². The molecule has 0 bridgehead atoms. The number of hydrogen-bond donors (Lipinski definition) is 0. The molecule has 1 fully saturated rings. The summed E-state index contributed by atoms with van der Waals surface area (Å²) in [5.41, 5.74) is 1.86. The number of aromatic nitrogens is 3. The highest BCUT2D eigenvalue weighted by Gasteiger charge is 2.31. The van der Waals surface area contributed by atoms with E-state index in [1.165, 1.54) is 12.1 Å². The number of methoxy groups -OCH3 is 1. The van der Waals surface area contributed by atoms with Crippen molar-refractivity contribution in [1.82, 2.24) is 20.0 Å². The summed E-state index contributed by atoms with van der Waals surface area (Å²) in [5.74, 6) is 1.59. The zero-order chi connectivity index (χ0) is 19.5. The van der Waals surface area contributed by atoms with Gasteiger partial charge in [0.25, 0.3) is 5.69 Å². The van der Waals surface area contributed by atoms with E-state index in [9.17, 15) is 10.1 Å². The van der Waals surface area contributed by atoms with Crippen molar-refractivity contribution in [1.29, 1.82) is 0 Å². The van der Waals surface area contributed by atoms with Crippen molar-refractivity contribution in [2.24, 2.45) is 0 Å². The fourth-order valence-corrected chi connectivity index (χ4v) is 3.37. The number of nitro groups is 1. The third-order valence-corrected chi connectivity index (χ3v) is 4.83. The fraction of sp³-hybridized carbons (Fsp3) is 0.316. The maximum absolute atomic E-state index is 10.8. The second-order valence-corrected chi connectivity index (χ2v) is 6.60. The number of likely N-dealkylation sites (tertiary alicyclic amines) is 1. The first-order chi connectivity index (χ1) is 13.6. The van der Waals surface area contributed by atoms with Crippen LogP contribution in [0.3, 0.4) is 0 Å². The van der Waals surface area contributed by atoms with Crippen LogP contribution in [-0.4, -0.2) is 38.6 Å². The molecule has 0 N–H and O–H groups in total. The van der Waals surface area contributed by atoms with Gasteiger partial charge in [0.1, 0.15) is 0 Å². The maximum atomic E-state index is 10.8. The van der Waals surface area contributed by atoms with Gasteiger partial charge in [-0.15, -0.1) is 0 Å². The van der Waals surface area contributed by atoms with Gasteiger partial charge in [0.2, 0.25) is 17.6 Å². The molecule has 2 aromatic heterocycles. The minimum atomic E-state index is -0.392. The van der Waals surface area contributed by atoms with Gasteiger partial charge in [0.15, 0.2) is 0 Å². The van der Waals surface area contributed by atoms with Crippen LogP contribution in [0.4, 0.5) is 5.69 Å². The molecule has 1 aliphatic heterocycles. The van der Waals surface area contributed by atoms with Gasteiger partial charge in [-0.2, -0.15) is 4.98 Å². The Kier molecular flexibility index (Phi) is 4.98. The number of pyridine rings is 1. The molecule has 28 heavy (non-hydrogen) atoms. The van der Waals surface area contributed by atoms with Crippen LogP contribution in [0.25, 0.3) is 11.4 Å². The average Bonchev–Trinajstić information content (AvgIpc) is 3.38. The molecule has 0 radical (unpaired) electrons. The van der Waals surface area contributed by atoms with Crippen LogP contribution in [0, 0.1) is 10.1 Å². The molecule has 144 valence electrons. The number of benzene rings is 1. The minimum absolute atomic E-state index is 0.0302. The van der Waals surface area contributed by atoms with Gasteiger partial charge in [-0.25, -0.2) is 4.98 Å². The number of nitrogens with zero attached hydrogens (tertiary/aromatic N) is 5. The summed E-state index contributed by atoms with van der Waals surface area (Å²) in [5, 5.41) is 14.9. The van der Waals surface area contributed by atoms with Crippen LogP contribution < -0.4 is 4.74 Å². The third kappa shape index (κ3) is 3.70. The Balaban J connectivity index is 1.48. The third-order valence-electron chi connectivity index (χ3n) is 4.83. The van der Waals surface area contributed by atoms with E-state index in [1.54, 1.807) is 31.5 Å². The molecule has 0 saturated carbocycles. The van der Waals surface area contributed by atoms with E-state index in [1.807, 2.05) is 6.07 Å². The number of hydrogen-bond acceptors (Lipinski definition) is 8. The highest BCUT2D eigenvalue weighted by molar-refractivity contribution is 5.53. The Morgan fingerprint density at radius 2 is 2.11 bits per heavy atom. The molecular weight excluding hydrogens is 362 g/mol. The van der Waals surface area contributed by atoms with E-state index >= 15 is 0 Å². The molecule has 4 rings (SSSR count). The van der Waals surface area contributed by atoms with E-state index in [4.69, 9.17) is 9.26 Å². The molecule has 9 heteroatoms. The molecule has 3 heterocycles. The van der Waals surface area contributed by atoms with Crippen LogP contribution in [0.2, 0.25) is 0 Å². The van der Waals surface area contributed by atoms with Crippen LogP contribution in [0.15, 0.2) is 47.1 Å². The smallest absolute Gasteiger partial charge is 0.269 e. The molecule has 0 aliphatic carbocycles. The zero-order valence-corrected chi connectivity index (χ0v) is 15.3. The van der Waals surface area contributed by atoms with Crippen molar-refractivity contribution >= 4 is 5.69 Å². The van der Waals surface area contributed by atoms with Crippen LogP contribution in [-0.2, 0) is 6.54 Å². The van der Waals surface area contributed by atoms with E-state index in [2.05, 4.69) is 20.0 Å². The van der Waals surface area contributed by atoms with Gasteiger partial charge >= 0.3 is 0 Å². The Morgan fingerprint density at radius 1 is 1.29 bits per heavy atom. The Labute approximate surface area is 161 Å². The molecule has 0 amide bonds. The van der Waals surface area contributed by atoms with Crippen molar-refractivity contribution in [2.45, 2.75) is 25.4 Å². The molecule has 1 aliphatic rings. The lowest BCUT2D eigenvalue weighted by atomic mass is 10.1. The van der Waals surface area contributed by atoms with E-state index in [-0.39, 0.29) is 11.7 Å². The van der Waals surface area contributed by atoms with Gasteiger partial charge in [-0.05, 0) is 31.0 Å². The lowest BCUT2D eigenvalue weighted by Gasteiger charge is -2.21. The van der Waals surface area contributed by atoms with Gasteiger partial charge < -0.3 is 9.26 Å². The summed E-state index contributed by atoms with van der Waals surface area (Å²) in [4.78, 5) is 21.4. The second kappa shape index (κ2) is 7.73. The molecule has 1 aromatic carbocycles. The molecule has 0 unspecified atom stereocenters. The molecule has 3 aromatic rings. The van der Waals surface area contributed by atoms with Crippen molar-refractivity contribution in [2.75, 3.05) is 13.7 Å². The predicted molar refractivity (Wildman–Crippen MR) is 99.6 cm³/mol. The van der Waals surface area contributed by atoms with E-state index in [0.29, 0.717) is 24.1 Å². The van der Waals surface area contributed by atoms with Crippen molar-refractivity contribution in [3.8, 4) is 17.3 Å². The summed E-state index contributed by atoms with van der Waals surface area (Å²) in [6.45, 7) is 1.58. The Morgan fingerprint density at radius 3 is 2.79 bits per heavy atom. The lowest BCUT2D eigenvalue weighted by molar-refractivity contribution is -0.384. The molecule has 9 nitrogen and oxygen atoms in total. The average molecular weight is 381 g/mol. The second-order valence-electron chi connectivity index (χ2n) is 6.60. The quantitative estimate of drug-likeness (QED) is 0.472. The maximum Gasteiger partial charge on any atom is 0.269 e. The van der Waals surface area contributed by atoms with Crippen LogP contribution in [0.5, 0.6) is 5.88 Å². The van der Waals surface area contributed by atoms with Crippen LogP contribution in [0.1, 0.15) is 30.3 Å². The largest absolute Gasteiger partial charge is 0.481 e. The van der Waals surface area contributed by atoms with Gasteiger partial charge in [-0.1, -0.05) is 17.3 Å². The standard InChI is InChI=1S/C19H19N5O4/c1-27-17-9-6-14(11-20-17)18-21-19(28-22-18)16-3-2-10-23(16)12-13-4-7-15(8-5-13)24(25)26/h4-9,11,16H,2-3,10,12H2,1H3/t16-/m0/s1. The first-order valence-electron chi connectivity index (χ1n) is 8.95. The normalized spacial score (nSPS) is 17.0. The van der Waals surface area contributed by atoms with Crippen LogP contribution >= 0.6 is 0 Å². The zero-order valence-electron chi connectivity index (χ0n) is 15.3. The Bertz CT molecular complexity index is 955. The monoisotopic (exact) mass is 381 g/mol. The number of nitro benzene ring substituents is 1. The van der Waals surface area contributed by atoms with Gasteiger partial charge in [0, 0.05) is 36.5 Å². The first-order valence-corrected chi connectivity index (χ1v) is 8.95. The van der Waals surface area contributed by atoms with E-state index < -0.39 is 4.92 Å². The first kappa shape index (κ1) is 18.1. The lowest BCUT2D eigenvalue weighted by Crippen LogP contribution is -2.23. The topological polar surface area (TPSA) is 107 Å². The summed E-state index contributed by atoms with van der Waals surface area (Å²) in [6, 6.07) is 10.3. The van der Waals surface area contributed by atoms with E-state index in [0.717, 1.165) is 30.5 Å². The summed E-state index contributed by atoms with van der Waals surface area (Å²) >= 11 is 0. The SMILES string of the molecule is COc1ccc(-c2noc([C@@H]3CCCN3Cc3ccc([N+](=O)[O-])cc3)n2)cn1. The van der Waals surface area contributed by atoms with Crippen molar-refractivity contribution < 1.29 is 14.2 Å². The predicted octanol–water partition coefficient (Wildman–Crippen LogP) is 3.39. The highest BCUT2D eigenvalue weighted by atomic mass is 16.6. The van der Waals surface area contributed by atoms with Gasteiger partial charge in [0.05, 0.1) is 18.1 Å². The summed E-state index contributed by atoms with van der Waals surface area (Å²) in [6.07, 6.45) is 3.60. The molecular formula is C19H19N5O4. The summed E-state index contributed by atoms with van der Waals surface area (Å²) < 4.78 is 10.6. The number of rotatable bonds is 6. The number of non-ortho nitro benzene ring substituents is 1.